The molecule has 3 aromatic rings. The second kappa shape index (κ2) is 8.70. The van der Waals surface area contributed by atoms with E-state index in [1.807, 2.05) is 13.8 Å². The van der Waals surface area contributed by atoms with Crippen molar-refractivity contribution in [3.63, 3.8) is 0 Å². The Balaban J connectivity index is 1.78. The van der Waals surface area contributed by atoms with Crippen LogP contribution in [0.25, 0.3) is 10.1 Å². The zero-order valence-electron chi connectivity index (χ0n) is 16.0. The van der Waals surface area contributed by atoms with Crippen LogP contribution in [0.3, 0.4) is 0 Å². The predicted octanol–water partition coefficient (Wildman–Crippen LogP) is 4.37. The monoisotopic (exact) mass is 413 g/mol. The molecule has 1 N–H and O–H groups in total. The number of carbonyl (C=O) groups is 1. The van der Waals surface area contributed by atoms with Gasteiger partial charge in [-0.1, -0.05) is 6.07 Å². The molecule has 0 aliphatic heterocycles. The van der Waals surface area contributed by atoms with Crippen LogP contribution in [-0.2, 0) is 0 Å². The third-order valence-corrected chi connectivity index (χ3v) is 5.00. The quantitative estimate of drug-likeness (QED) is 0.352. The lowest BCUT2D eigenvalue weighted by atomic mass is 10.2. The molecule has 0 fully saturated rings. The number of benzene rings is 2. The van der Waals surface area contributed by atoms with E-state index in [0.29, 0.717) is 27.3 Å². The van der Waals surface area contributed by atoms with Crippen molar-refractivity contribution >= 4 is 39.2 Å². The van der Waals surface area contributed by atoms with Crippen LogP contribution >= 0.6 is 11.3 Å². The van der Waals surface area contributed by atoms with E-state index in [2.05, 4.69) is 10.5 Å². The van der Waals surface area contributed by atoms with Crippen LogP contribution in [0, 0.1) is 10.1 Å². The summed E-state index contributed by atoms with van der Waals surface area (Å²) < 4.78 is 11.9. The molecule has 0 atom stereocenters. The molecule has 0 saturated heterocycles. The first-order chi connectivity index (χ1) is 13.9. The first-order valence-electron chi connectivity index (χ1n) is 8.74. The number of methoxy groups -OCH3 is 1. The lowest BCUT2D eigenvalue weighted by molar-refractivity contribution is -0.384. The van der Waals surface area contributed by atoms with Gasteiger partial charge in [0.15, 0.2) is 11.5 Å². The maximum absolute atomic E-state index is 12.4. The van der Waals surface area contributed by atoms with Gasteiger partial charge in [-0.25, -0.2) is 5.43 Å². The van der Waals surface area contributed by atoms with Crippen molar-refractivity contribution in [1.82, 2.24) is 5.43 Å². The van der Waals surface area contributed by atoms with Crippen LogP contribution in [0.15, 0.2) is 47.6 Å². The number of amides is 1. The summed E-state index contributed by atoms with van der Waals surface area (Å²) in [6.45, 7) is 3.81. The van der Waals surface area contributed by atoms with Crippen molar-refractivity contribution in [2.24, 2.45) is 5.10 Å². The van der Waals surface area contributed by atoms with Gasteiger partial charge in [-0.15, -0.1) is 11.3 Å². The molecular formula is C20H19N3O5S. The second-order valence-corrected chi connectivity index (χ2v) is 7.42. The number of nitrogens with one attached hydrogen (secondary N) is 1. The van der Waals surface area contributed by atoms with Gasteiger partial charge in [0.25, 0.3) is 11.6 Å². The summed E-state index contributed by atoms with van der Waals surface area (Å²) in [7, 11) is 1.55. The van der Waals surface area contributed by atoms with Gasteiger partial charge in [0.05, 0.1) is 29.2 Å². The Bertz CT molecular complexity index is 1090. The molecule has 9 heteroatoms. The molecule has 0 unspecified atom stereocenters. The van der Waals surface area contributed by atoms with Gasteiger partial charge in [0.1, 0.15) is 0 Å². The van der Waals surface area contributed by atoms with Crippen LogP contribution in [0.5, 0.6) is 11.5 Å². The highest BCUT2D eigenvalue weighted by molar-refractivity contribution is 7.20. The van der Waals surface area contributed by atoms with Gasteiger partial charge in [0, 0.05) is 27.8 Å². The van der Waals surface area contributed by atoms with E-state index in [4.69, 9.17) is 9.47 Å². The minimum Gasteiger partial charge on any atom is -0.493 e. The molecule has 0 spiro atoms. The van der Waals surface area contributed by atoms with Gasteiger partial charge in [0.2, 0.25) is 0 Å². The maximum Gasteiger partial charge on any atom is 0.281 e. The van der Waals surface area contributed by atoms with Gasteiger partial charge < -0.3 is 9.47 Å². The van der Waals surface area contributed by atoms with Crippen molar-refractivity contribution in [1.29, 1.82) is 0 Å². The number of fused-ring (bicyclic) bond motifs is 1. The summed E-state index contributed by atoms with van der Waals surface area (Å²) >= 11 is 1.24. The topological polar surface area (TPSA) is 103 Å². The SMILES string of the molecule is COc1cccc(/C=N\NC(=O)c2cc3cc([N+](=O)[O-])ccc3s2)c1OC(C)C. The minimum atomic E-state index is -0.466. The standard InChI is InChI=1S/C20H19N3O5S/c1-12(2)28-19-13(5-4-6-16(19)27-3)11-21-22-20(24)18-10-14-9-15(23(25)26)7-8-17(14)29-18/h4-12H,1-3H3,(H,22,24)/b21-11-. The molecule has 0 radical (unpaired) electrons. The average Bonchev–Trinajstić information content (AvgIpc) is 3.12. The molecule has 1 amide bonds. The van der Waals surface area contributed by atoms with Crippen LogP contribution < -0.4 is 14.9 Å². The summed E-state index contributed by atoms with van der Waals surface area (Å²) in [6, 6.07) is 11.5. The number of nitrogens with zero attached hydrogens (tertiary/aromatic N) is 2. The van der Waals surface area contributed by atoms with Crippen LogP contribution in [0.4, 0.5) is 5.69 Å². The molecule has 150 valence electrons. The Morgan fingerprint density at radius 2 is 2.07 bits per heavy atom. The van der Waals surface area contributed by atoms with Crippen molar-refractivity contribution in [2.75, 3.05) is 7.11 Å². The van der Waals surface area contributed by atoms with Gasteiger partial charge in [-0.2, -0.15) is 5.10 Å². The predicted molar refractivity (Wildman–Crippen MR) is 112 cm³/mol. The number of para-hydroxylation sites is 1. The van der Waals surface area contributed by atoms with Crippen LogP contribution in [0.2, 0.25) is 0 Å². The molecule has 1 heterocycles. The first kappa shape index (κ1) is 20.3. The van der Waals surface area contributed by atoms with E-state index in [9.17, 15) is 14.9 Å². The maximum atomic E-state index is 12.4. The van der Waals surface area contributed by atoms with E-state index in [0.717, 1.165) is 4.70 Å². The van der Waals surface area contributed by atoms with Crippen molar-refractivity contribution in [3.05, 3.63) is 63.0 Å². The third-order valence-electron chi connectivity index (χ3n) is 3.89. The van der Waals surface area contributed by atoms with Crippen molar-refractivity contribution in [2.45, 2.75) is 20.0 Å². The van der Waals surface area contributed by atoms with E-state index >= 15 is 0 Å². The molecule has 3 rings (SSSR count). The number of nitro benzene ring substituents is 1. The van der Waals surface area contributed by atoms with E-state index < -0.39 is 10.8 Å². The highest BCUT2D eigenvalue weighted by Crippen LogP contribution is 2.31. The van der Waals surface area contributed by atoms with Gasteiger partial charge in [-0.05, 0) is 38.1 Å². The molecule has 1 aromatic heterocycles. The lowest BCUT2D eigenvalue weighted by Gasteiger charge is -2.15. The number of thiophene rings is 1. The fourth-order valence-corrected chi connectivity index (χ4v) is 3.56. The fourth-order valence-electron chi connectivity index (χ4n) is 2.63. The van der Waals surface area contributed by atoms with Gasteiger partial charge >= 0.3 is 0 Å². The fraction of sp³-hybridized carbons (Fsp3) is 0.200. The lowest BCUT2D eigenvalue weighted by Crippen LogP contribution is -2.16. The number of non-ortho nitro benzene ring substituents is 1. The molecule has 8 nitrogen and oxygen atoms in total. The molecule has 2 aromatic carbocycles. The highest BCUT2D eigenvalue weighted by Gasteiger charge is 2.14. The number of hydrogen-bond acceptors (Lipinski definition) is 7. The summed E-state index contributed by atoms with van der Waals surface area (Å²) in [5.41, 5.74) is 3.11. The summed E-state index contributed by atoms with van der Waals surface area (Å²) in [6.07, 6.45) is 1.42. The smallest absolute Gasteiger partial charge is 0.281 e. The first-order valence-corrected chi connectivity index (χ1v) is 9.55. The molecule has 0 aliphatic rings. The average molecular weight is 413 g/mol. The highest BCUT2D eigenvalue weighted by atomic mass is 32.1. The number of hydrogen-bond donors (Lipinski definition) is 1. The van der Waals surface area contributed by atoms with Crippen molar-refractivity contribution < 1.29 is 19.2 Å². The minimum absolute atomic E-state index is 0.0176. The molecule has 0 saturated carbocycles. The number of rotatable bonds is 7. The Morgan fingerprint density at radius 3 is 2.76 bits per heavy atom. The molecule has 29 heavy (non-hydrogen) atoms. The zero-order valence-corrected chi connectivity index (χ0v) is 16.9. The summed E-state index contributed by atoms with van der Waals surface area (Å²) in [4.78, 5) is 23.2. The number of nitro groups is 1. The number of hydrazone groups is 1. The number of carbonyl (C=O) groups excluding carboxylic acids is 1. The Kier molecular flexibility index (Phi) is 6.08. The Hall–Kier alpha value is -3.46. The van der Waals surface area contributed by atoms with Gasteiger partial charge in [-0.3, -0.25) is 14.9 Å². The largest absolute Gasteiger partial charge is 0.493 e. The van der Waals surface area contributed by atoms with E-state index in [1.54, 1.807) is 37.4 Å². The van der Waals surface area contributed by atoms with Crippen LogP contribution in [0.1, 0.15) is 29.1 Å². The summed E-state index contributed by atoms with van der Waals surface area (Å²) in [5, 5.41) is 15.5. The second-order valence-electron chi connectivity index (χ2n) is 6.33. The zero-order chi connectivity index (χ0) is 21.0. The van der Waals surface area contributed by atoms with Crippen molar-refractivity contribution in [3.8, 4) is 11.5 Å². The van der Waals surface area contributed by atoms with E-state index in [-0.39, 0.29) is 11.8 Å². The van der Waals surface area contributed by atoms with Crippen LogP contribution in [-0.4, -0.2) is 30.3 Å². The molecular weight excluding hydrogens is 394 g/mol. The normalized spacial score (nSPS) is 11.2. The van der Waals surface area contributed by atoms with E-state index in [1.165, 1.54) is 29.7 Å². The Morgan fingerprint density at radius 1 is 1.28 bits per heavy atom. The molecule has 0 aliphatic carbocycles. The molecule has 0 bridgehead atoms. The Labute approximate surface area is 170 Å². The third kappa shape index (κ3) is 4.69. The number of ether oxygens (including phenoxy) is 2. The summed E-state index contributed by atoms with van der Waals surface area (Å²) in [5.74, 6) is 0.705.